The van der Waals surface area contributed by atoms with Gasteiger partial charge in [-0.15, -0.1) is 5.10 Å². The second-order valence-electron chi connectivity index (χ2n) is 2.50. The van der Waals surface area contributed by atoms with Gasteiger partial charge >= 0.3 is 0 Å². The summed E-state index contributed by atoms with van der Waals surface area (Å²) in [6.07, 6.45) is 0. The Kier molecular flexibility index (Phi) is 5.83. The molecule has 1 aromatic rings. The second kappa shape index (κ2) is 6.11. The van der Waals surface area contributed by atoms with E-state index >= 15 is 0 Å². The number of carbonyl (C=O) groups excluding carboxylic acids is 1. The zero-order valence-corrected chi connectivity index (χ0v) is 11.2. The molecule has 0 aromatic carbocycles. The topological polar surface area (TPSA) is 114 Å². The van der Waals surface area contributed by atoms with Crippen molar-refractivity contribution in [3.63, 3.8) is 0 Å². The molecule has 94 valence electrons. The fraction of sp³-hybridized carbons (Fsp3) is 0.571. The van der Waals surface area contributed by atoms with Gasteiger partial charge in [-0.2, -0.15) is 4.99 Å². The number of rotatable bonds is 1. The molecule has 0 aliphatic heterocycles. The van der Waals surface area contributed by atoms with Crippen molar-refractivity contribution in [2.75, 3.05) is 0 Å². The quantitative estimate of drug-likeness (QED) is 0.701. The van der Waals surface area contributed by atoms with E-state index in [0.29, 0.717) is 0 Å². The molecule has 1 aromatic heterocycles. The lowest BCUT2D eigenvalue weighted by Gasteiger charge is -2.21. The average Bonchev–Trinajstić information content (AvgIpc) is 2.50. The van der Waals surface area contributed by atoms with Crippen molar-refractivity contribution < 1.29 is 13.9 Å². The van der Waals surface area contributed by atoms with Crippen LogP contribution in [0.1, 0.15) is 20.8 Å². The van der Waals surface area contributed by atoms with Crippen LogP contribution in [0.25, 0.3) is 0 Å². The summed E-state index contributed by atoms with van der Waals surface area (Å²) in [6, 6.07) is 0. The van der Waals surface area contributed by atoms with E-state index in [2.05, 4.69) is 10.1 Å². The maximum absolute atomic E-state index is 10.7. The van der Waals surface area contributed by atoms with E-state index in [-0.39, 0.29) is 15.0 Å². The van der Waals surface area contributed by atoms with Crippen LogP contribution in [-0.2, 0) is 11.8 Å². The Morgan fingerprint density at radius 2 is 2.06 bits per heavy atom. The number of aryl methyl sites for hydroxylation is 1. The summed E-state index contributed by atoms with van der Waals surface area (Å²) in [4.78, 5) is 14.6. The highest BCUT2D eigenvalue weighted by Crippen LogP contribution is 2.39. The Labute approximate surface area is 99.1 Å². The smallest absolute Gasteiger partial charge is 0.245 e. The van der Waals surface area contributed by atoms with Gasteiger partial charge in [-0.25, -0.2) is 9.82 Å². The first-order valence-corrected chi connectivity index (χ1v) is 6.89. The minimum Gasteiger partial charge on any atom is -0.280 e. The molecule has 0 aliphatic rings. The minimum absolute atomic E-state index is 0.0417. The van der Waals surface area contributed by atoms with Crippen molar-refractivity contribution in [3.8, 4) is 0 Å². The predicted molar refractivity (Wildman–Crippen MR) is 64.0 cm³/mol. The third kappa shape index (κ3) is 4.41. The molecule has 1 rings (SSSR count). The maximum atomic E-state index is 10.7. The lowest BCUT2D eigenvalue weighted by molar-refractivity contribution is -0.116. The molecule has 0 radical (unpaired) electrons. The Bertz CT molecular complexity index is 418. The molecular formula is C7H16N4O3S2. The Morgan fingerprint density at radius 1 is 1.56 bits per heavy atom. The monoisotopic (exact) mass is 268 g/mol. The minimum atomic E-state index is -3.33. The van der Waals surface area contributed by atoms with Gasteiger partial charge in [0.15, 0.2) is 0 Å². The van der Waals surface area contributed by atoms with Crippen LogP contribution in [0, 0.1) is 0 Å². The summed E-state index contributed by atoms with van der Waals surface area (Å²) in [7, 11) is -1.79. The number of hydrogen-bond donors (Lipinski definition) is 3. The predicted octanol–water partition coefficient (Wildman–Crippen LogP) is 0.938. The summed E-state index contributed by atoms with van der Waals surface area (Å²) >= 11 is 0.871. The molecule has 1 amide bonds. The first-order valence-electron chi connectivity index (χ1n) is 4.46. The summed E-state index contributed by atoms with van der Waals surface area (Å²) in [5.41, 5.74) is 0. The van der Waals surface area contributed by atoms with Crippen LogP contribution in [0.3, 0.4) is 0 Å². The molecule has 0 fully saturated rings. The molecule has 0 saturated heterocycles. The zero-order chi connectivity index (χ0) is 12.9. The molecule has 0 unspecified atom stereocenters. The SMILES string of the molecule is CC.CC(=O)N=c1sc(S(N)(O)O)nn1C. The van der Waals surface area contributed by atoms with Crippen molar-refractivity contribution in [2.45, 2.75) is 25.1 Å². The lowest BCUT2D eigenvalue weighted by atomic mass is 10.8. The maximum Gasteiger partial charge on any atom is 0.245 e. The molecule has 16 heavy (non-hydrogen) atoms. The number of aromatic nitrogens is 2. The van der Waals surface area contributed by atoms with E-state index in [1.54, 1.807) is 0 Å². The van der Waals surface area contributed by atoms with Gasteiger partial charge in [-0.3, -0.25) is 13.9 Å². The normalized spacial score (nSPS) is 13.1. The third-order valence-corrected chi connectivity index (χ3v) is 3.57. The van der Waals surface area contributed by atoms with Gasteiger partial charge < -0.3 is 0 Å². The highest BCUT2D eigenvalue weighted by molar-refractivity contribution is 8.23. The first-order chi connectivity index (χ1) is 7.30. The molecule has 4 N–H and O–H groups in total. The summed E-state index contributed by atoms with van der Waals surface area (Å²) in [5.74, 6) is -0.385. The highest BCUT2D eigenvalue weighted by atomic mass is 32.3. The molecule has 1 heterocycles. The Morgan fingerprint density at radius 3 is 2.38 bits per heavy atom. The molecule has 0 saturated carbocycles. The molecule has 0 aliphatic carbocycles. The van der Waals surface area contributed by atoms with E-state index < -0.39 is 10.8 Å². The zero-order valence-electron chi connectivity index (χ0n) is 9.54. The Hall–Kier alpha value is -0.740. The van der Waals surface area contributed by atoms with Gasteiger partial charge in [-0.05, 0) is 0 Å². The standard InChI is InChI=1S/C5H10N4O3S2.C2H6/c1-3(10)7-4-9(2)8-5(13-4)14(6,11)12;1-2/h11-12H,6H2,1-2H3;1-2H3. The van der Waals surface area contributed by atoms with Crippen molar-refractivity contribution in [1.82, 2.24) is 9.78 Å². The number of amides is 1. The third-order valence-electron chi connectivity index (χ3n) is 1.20. The van der Waals surface area contributed by atoms with Crippen molar-refractivity contribution in [3.05, 3.63) is 4.80 Å². The van der Waals surface area contributed by atoms with Crippen molar-refractivity contribution in [2.24, 2.45) is 17.2 Å². The van der Waals surface area contributed by atoms with Crippen LogP contribution in [0.2, 0.25) is 0 Å². The van der Waals surface area contributed by atoms with Crippen molar-refractivity contribution >= 4 is 28.0 Å². The van der Waals surface area contributed by atoms with Crippen LogP contribution in [-0.4, -0.2) is 24.8 Å². The van der Waals surface area contributed by atoms with Crippen molar-refractivity contribution in [1.29, 1.82) is 0 Å². The van der Waals surface area contributed by atoms with Gasteiger partial charge in [0.05, 0.1) is 0 Å². The largest absolute Gasteiger partial charge is 0.280 e. The molecule has 0 bridgehead atoms. The van der Waals surface area contributed by atoms with Gasteiger partial charge in [0.1, 0.15) is 0 Å². The molecular weight excluding hydrogens is 252 g/mol. The number of carbonyl (C=O) groups is 1. The Balaban J connectivity index is 0.00000106. The van der Waals surface area contributed by atoms with E-state index in [4.69, 9.17) is 14.2 Å². The first kappa shape index (κ1) is 15.3. The van der Waals surface area contributed by atoms with Crippen LogP contribution >= 0.6 is 22.1 Å². The van der Waals surface area contributed by atoms with E-state index in [9.17, 15) is 4.79 Å². The van der Waals surface area contributed by atoms with E-state index in [1.807, 2.05) is 13.8 Å². The highest BCUT2D eigenvalue weighted by Gasteiger charge is 2.15. The number of hydrogen-bond acceptors (Lipinski definition) is 6. The van der Waals surface area contributed by atoms with E-state index in [0.717, 1.165) is 11.3 Å². The van der Waals surface area contributed by atoms with Gasteiger partial charge in [-0.1, -0.05) is 36.0 Å². The van der Waals surface area contributed by atoms with Crippen LogP contribution in [0.5, 0.6) is 0 Å². The number of nitrogens with two attached hydrogens (primary N) is 1. The fourth-order valence-electron chi connectivity index (χ4n) is 0.681. The molecule has 7 nitrogen and oxygen atoms in total. The number of nitrogens with zero attached hydrogens (tertiary/aromatic N) is 3. The summed E-state index contributed by atoms with van der Waals surface area (Å²) in [5, 5.41) is 8.81. The van der Waals surface area contributed by atoms with Gasteiger partial charge in [0.2, 0.25) is 15.0 Å². The van der Waals surface area contributed by atoms with Crippen LogP contribution in [0.4, 0.5) is 0 Å². The van der Waals surface area contributed by atoms with E-state index in [1.165, 1.54) is 18.7 Å². The molecule has 0 spiro atoms. The average molecular weight is 268 g/mol. The summed E-state index contributed by atoms with van der Waals surface area (Å²) < 4.78 is 19.4. The lowest BCUT2D eigenvalue weighted by Crippen LogP contribution is -2.13. The summed E-state index contributed by atoms with van der Waals surface area (Å²) in [6.45, 7) is 5.29. The van der Waals surface area contributed by atoms with Gasteiger partial charge in [0, 0.05) is 14.0 Å². The van der Waals surface area contributed by atoms with Crippen LogP contribution < -0.4 is 9.94 Å². The van der Waals surface area contributed by atoms with Crippen LogP contribution in [0.15, 0.2) is 9.33 Å². The molecule has 0 atom stereocenters. The fourth-order valence-corrected chi connectivity index (χ4v) is 2.30. The second-order valence-corrected chi connectivity index (χ2v) is 5.28. The van der Waals surface area contributed by atoms with Gasteiger partial charge in [0.25, 0.3) is 0 Å². The molecule has 9 heteroatoms.